The molecule has 1 atom stereocenters. The maximum Gasteiger partial charge on any atom is 0.251 e. The molecule has 1 aliphatic heterocycles. The first-order valence-corrected chi connectivity index (χ1v) is 13.3. The van der Waals surface area contributed by atoms with Crippen LogP contribution in [0.2, 0.25) is 5.02 Å². The largest absolute Gasteiger partial charge is 0.494 e. The zero-order valence-electron chi connectivity index (χ0n) is 22.5. The molecule has 1 amide bonds. The van der Waals surface area contributed by atoms with E-state index >= 15 is 0 Å². The van der Waals surface area contributed by atoms with E-state index in [0.29, 0.717) is 39.8 Å². The third-order valence-corrected chi connectivity index (χ3v) is 7.04. The van der Waals surface area contributed by atoms with Gasteiger partial charge >= 0.3 is 0 Å². The van der Waals surface area contributed by atoms with E-state index in [4.69, 9.17) is 35.9 Å². The molecular formula is C29H33ClFN3O6. The first kappa shape index (κ1) is 29.5. The van der Waals surface area contributed by atoms with Crippen LogP contribution in [0, 0.1) is 5.82 Å². The van der Waals surface area contributed by atoms with Crippen LogP contribution in [0.15, 0.2) is 48.5 Å². The Morgan fingerprint density at radius 3 is 2.48 bits per heavy atom. The van der Waals surface area contributed by atoms with Gasteiger partial charge in [-0.25, -0.2) is 9.37 Å². The standard InChI is InChI=1S/C29H33ClFN3O6/c1-38-24-9-10-26(33-27(24)19-5-7-22(31)21(30)15-19)29(37,18-34-11-3-4-12-34)17-32-28(36)20-6-8-23(40-14-13-35)25(16-20)39-2/h5-10,15-16,35,37H,3-4,11-14,17-18H2,1-2H3,(H,32,36). The van der Waals surface area contributed by atoms with Gasteiger partial charge in [-0.2, -0.15) is 0 Å². The number of nitrogens with one attached hydrogen (secondary N) is 1. The Bertz CT molecular complexity index is 1340. The normalized spacial score (nSPS) is 14.9. The van der Waals surface area contributed by atoms with Gasteiger partial charge in [0.25, 0.3) is 5.91 Å². The lowest BCUT2D eigenvalue weighted by Gasteiger charge is -2.32. The number of aliphatic hydroxyl groups is 2. The maximum atomic E-state index is 13.8. The quantitative estimate of drug-likeness (QED) is 0.301. The van der Waals surface area contributed by atoms with Gasteiger partial charge in [-0.15, -0.1) is 0 Å². The highest BCUT2D eigenvalue weighted by Gasteiger charge is 2.35. The number of halogens is 2. The number of carbonyl (C=O) groups excluding carboxylic acids is 1. The van der Waals surface area contributed by atoms with Crippen molar-refractivity contribution in [3.8, 4) is 28.5 Å². The first-order valence-electron chi connectivity index (χ1n) is 12.9. The van der Waals surface area contributed by atoms with E-state index in [9.17, 15) is 14.3 Å². The van der Waals surface area contributed by atoms with Crippen LogP contribution in [-0.2, 0) is 5.60 Å². The van der Waals surface area contributed by atoms with Crippen molar-refractivity contribution in [2.24, 2.45) is 0 Å². The van der Waals surface area contributed by atoms with Gasteiger partial charge in [0.15, 0.2) is 11.5 Å². The molecule has 40 heavy (non-hydrogen) atoms. The zero-order chi connectivity index (χ0) is 28.7. The van der Waals surface area contributed by atoms with E-state index < -0.39 is 17.3 Å². The number of rotatable bonds is 12. The molecule has 9 nitrogen and oxygen atoms in total. The van der Waals surface area contributed by atoms with E-state index in [1.165, 1.54) is 32.4 Å². The number of pyridine rings is 1. The molecule has 0 saturated carbocycles. The number of amides is 1. The highest BCUT2D eigenvalue weighted by Crippen LogP contribution is 2.34. The number of benzene rings is 2. The number of nitrogens with zero attached hydrogens (tertiary/aromatic N) is 2. The van der Waals surface area contributed by atoms with Gasteiger partial charge in [-0.3, -0.25) is 9.69 Å². The van der Waals surface area contributed by atoms with E-state index in [1.54, 1.807) is 30.3 Å². The molecule has 1 fully saturated rings. The fourth-order valence-corrected chi connectivity index (χ4v) is 4.85. The number of carbonyl (C=O) groups is 1. The fourth-order valence-electron chi connectivity index (χ4n) is 4.67. The average molecular weight is 574 g/mol. The molecule has 3 N–H and O–H groups in total. The molecule has 0 radical (unpaired) electrons. The topological polar surface area (TPSA) is 113 Å². The molecule has 2 aromatic carbocycles. The van der Waals surface area contributed by atoms with Crippen LogP contribution in [0.3, 0.4) is 0 Å². The molecule has 0 bridgehead atoms. The molecule has 3 aromatic rings. The Balaban J connectivity index is 1.63. The molecule has 0 spiro atoms. The van der Waals surface area contributed by atoms with Crippen LogP contribution in [0.1, 0.15) is 28.9 Å². The molecular weight excluding hydrogens is 541 g/mol. The van der Waals surface area contributed by atoms with Gasteiger partial charge in [0.1, 0.15) is 29.5 Å². The summed E-state index contributed by atoms with van der Waals surface area (Å²) in [4.78, 5) is 20.0. The van der Waals surface area contributed by atoms with E-state index in [2.05, 4.69) is 10.2 Å². The van der Waals surface area contributed by atoms with Crippen LogP contribution in [0.25, 0.3) is 11.3 Å². The lowest BCUT2D eigenvalue weighted by molar-refractivity contribution is 0.00227. The summed E-state index contributed by atoms with van der Waals surface area (Å²) in [5.74, 6) is 0.182. The van der Waals surface area contributed by atoms with Gasteiger partial charge in [0.05, 0.1) is 38.1 Å². The highest BCUT2D eigenvalue weighted by molar-refractivity contribution is 6.31. The van der Waals surface area contributed by atoms with Crippen molar-refractivity contribution >= 4 is 17.5 Å². The Hall–Kier alpha value is -3.44. The number of methoxy groups -OCH3 is 2. The molecule has 214 valence electrons. The fraction of sp³-hybridized carbons (Fsp3) is 0.379. The van der Waals surface area contributed by atoms with Crippen molar-refractivity contribution in [1.82, 2.24) is 15.2 Å². The SMILES string of the molecule is COc1cc(C(=O)NCC(O)(CN2CCCC2)c2ccc(OC)c(-c3ccc(F)c(Cl)c3)n2)ccc1OCCO. The Labute approximate surface area is 237 Å². The van der Waals surface area contributed by atoms with Crippen molar-refractivity contribution in [1.29, 1.82) is 0 Å². The number of hydrogen-bond acceptors (Lipinski definition) is 8. The number of β-amino-alcohol motifs (C(OH)–C–C–N with tert-alkyl or cyclic N) is 1. The predicted molar refractivity (Wildman–Crippen MR) is 149 cm³/mol. The summed E-state index contributed by atoms with van der Waals surface area (Å²) >= 11 is 6.03. The minimum absolute atomic E-state index is 0.0606. The number of likely N-dealkylation sites (tertiary alicyclic amines) is 1. The number of aliphatic hydroxyl groups excluding tert-OH is 1. The first-order chi connectivity index (χ1) is 19.3. The second-order valence-corrected chi connectivity index (χ2v) is 9.92. The van der Waals surface area contributed by atoms with Crippen LogP contribution in [0.4, 0.5) is 4.39 Å². The highest BCUT2D eigenvalue weighted by atomic mass is 35.5. The minimum atomic E-state index is -1.56. The molecule has 11 heteroatoms. The summed E-state index contributed by atoms with van der Waals surface area (Å²) in [6.45, 7) is 1.69. The third kappa shape index (κ3) is 6.82. The van der Waals surface area contributed by atoms with Crippen molar-refractivity contribution in [2.45, 2.75) is 18.4 Å². The van der Waals surface area contributed by atoms with E-state index in [1.807, 2.05) is 0 Å². The molecule has 1 aromatic heterocycles. The Morgan fingerprint density at radius 1 is 1.07 bits per heavy atom. The van der Waals surface area contributed by atoms with Crippen LogP contribution < -0.4 is 19.5 Å². The molecule has 1 saturated heterocycles. The minimum Gasteiger partial charge on any atom is -0.494 e. The van der Waals surface area contributed by atoms with Crippen molar-refractivity contribution in [3.05, 3.63) is 70.6 Å². The third-order valence-electron chi connectivity index (χ3n) is 6.75. The Kier molecular flexibility index (Phi) is 9.80. The van der Waals surface area contributed by atoms with Crippen LogP contribution in [0.5, 0.6) is 17.2 Å². The molecule has 1 unspecified atom stereocenters. The van der Waals surface area contributed by atoms with Gasteiger partial charge in [-0.1, -0.05) is 11.6 Å². The van der Waals surface area contributed by atoms with Crippen molar-refractivity contribution in [3.63, 3.8) is 0 Å². The molecule has 4 rings (SSSR count). The lowest BCUT2D eigenvalue weighted by atomic mass is 9.96. The molecule has 1 aliphatic rings. The van der Waals surface area contributed by atoms with Crippen molar-refractivity contribution in [2.75, 3.05) is 53.6 Å². The number of ether oxygens (including phenoxy) is 3. The second kappa shape index (κ2) is 13.3. The summed E-state index contributed by atoms with van der Waals surface area (Å²) in [6.07, 6.45) is 2.03. The molecule has 0 aliphatic carbocycles. The summed E-state index contributed by atoms with van der Waals surface area (Å²) < 4.78 is 30.1. The Morgan fingerprint density at radius 2 is 1.80 bits per heavy atom. The monoisotopic (exact) mass is 573 g/mol. The maximum absolute atomic E-state index is 13.8. The van der Waals surface area contributed by atoms with Crippen LogP contribution >= 0.6 is 11.6 Å². The van der Waals surface area contributed by atoms with Gasteiger partial charge in [0.2, 0.25) is 0 Å². The van der Waals surface area contributed by atoms with Crippen LogP contribution in [-0.4, -0.2) is 79.6 Å². The average Bonchev–Trinajstić information content (AvgIpc) is 3.48. The van der Waals surface area contributed by atoms with E-state index in [0.717, 1.165) is 25.9 Å². The number of aromatic nitrogens is 1. The summed E-state index contributed by atoms with van der Waals surface area (Å²) in [5, 5.41) is 23.8. The summed E-state index contributed by atoms with van der Waals surface area (Å²) in [6, 6.07) is 12.3. The van der Waals surface area contributed by atoms with Gasteiger partial charge in [0, 0.05) is 17.7 Å². The van der Waals surface area contributed by atoms with Gasteiger partial charge < -0.3 is 29.7 Å². The summed E-state index contributed by atoms with van der Waals surface area (Å²) in [5.41, 5.74) is -0.0223. The number of hydrogen-bond donors (Lipinski definition) is 3. The predicted octanol–water partition coefficient (Wildman–Crippen LogP) is 3.64. The molecule has 2 heterocycles. The smallest absolute Gasteiger partial charge is 0.251 e. The van der Waals surface area contributed by atoms with Crippen molar-refractivity contribution < 1.29 is 33.6 Å². The lowest BCUT2D eigenvalue weighted by Crippen LogP contribution is -2.48. The van der Waals surface area contributed by atoms with Gasteiger partial charge in [-0.05, 0) is 74.5 Å². The summed E-state index contributed by atoms with van der Waals surface area (Å²) in [7, 11) is 2.95. The van der Waals surface area contributed by atoms with E-state index in [-0.39, 0.29) is 31.3 Å². The second-order valence-electron chi connectivity index (χ2n) is 9.51. The zero-order valence-corrected chi connectivity index (χ0v) is 23.2.